The summed E-state index contributed by atoms with van der Waals surface area (Å²) in [4.78, 5) is 9.38. The highest BCUT2D eigenvalue weighted by Gasteiger charge is 2.25. The SMILES string of the molecule is COc1ncc(Cl)cc1S(=O)(=O)Nc1ccc(F)c(-c2ccc3c(-c4cnn(C5CCCCO5)n4)ncn3c2)c1F. The molecule has 11 nitrogen and oxygen atoms in total. The Morgan fingerprint density at radius 1 is 1.15 bits per heavy atom. The van der Waals surface area contributed by atoms with E-state index in [1.165, 1.54) is 36.7 Å². The number of rotatable bonds is 7. The van der Waals surface area contributed by atoms with Gasteiger partial charge in [0.05, 0.1) is 35.1 Å². The van der Waals surface area contributed by atoms with Crippen LogP contribution in [0.5, 0.6) is 5.88 Å². The molecular weight excluding hydrogens is 580 g/mol. The fourth-order valence-corrected chi connectivity index (χ4v) is 6.05. The maximum Gasteiger partial charge on any atom is 0.267 e. The molecule has 5 aromatic rings. The second-order valence-corrected chi connectivity index (χ2v) is 11.3. The normalized spacial score (nSPS) is 15.8. The van der Waals surface area contributed by atoms with Gasteiger partial charge < -0.3 is 13.9 Å². The third-order valence-corrected chi connectivity index (χ3v) is 8.15. The third kappa shape index (κ3) is 5.09. The van der Waals surface area contributed by atoms with Crippen molar-refractivity contribution in [3.8, 4) is 28.4 Å². The number of benzene rings is 1. The van der Waals surface area contributed by atoms with Crippen LogP contribution in [0.4, 0.5) is 14.5 Å². The van der Waals surface area contributed by atoms with E-state index in [1.54, 1.807) is 16.7 Å². The number of hydrogen-bond donors (Lipinski definition) is 1. The first kappa shape index (κ1) is 27.1. The first-order valence-corrected chi connectivity index (χ1v) is 14.3. The van der Waals surface area contributed by atoms with Crippen LogP contribution in [0, 0.1) is 11.6 Å². The maximum atomic E-state index is 15.7. The van der Waals surface area contributed by atoms with Crippen molar-refractivity contribution in [2.75, 3.05) is 18.4 Å². The molecule has 0 bridgehead atoms. The molecule has 1 aliphatic rings. The molecule has 1 unspecified atom stereocenters. The van der Waals surface area contributed by atoms with E-state index in [4.69, 9.17) is 21.1 Å². The summed E-state index contributed by atoms with van der Waals surface area (Å²) in [5.41, 5.74) is 0.928. The molecule has 41 heavy (non-hydrogen) atoms. The lowest BCUT2D eigenvalue weighted by atomic mass is 10.0. The average molecular weight is 602 g/mol. The lowest BCUT2D eigenvalue weighted by molar-refractivity contribution is -0.0479. The van der Waals surface area contributed by atoms with E-state index in [0.29, 0.717) is 23.5 Å². The highest BCUT2D eigenvalue weighted by atomic mass is 35.5. The van der Waals surface area contributed by atoms with Gasteiger partial charge in [0.1, 0.15) is 23.5 Å². The number of pyridine rings is 2. The largest absolute Gasteiger partial charge is 0.480 e. The molecular formula is C26H22ClF2N7O4S. The number of imidazole rings is 1. The Hall–Kier alpha value is -4.14. The van der Waals surface area contributed by atoms with Gasteiger partial charge in [0.15, 0.2) is 16.9 Å². The summed E-state index contributed by atoms with van der Waals surface area (Å²) >= 11 is 5.91. The summed E-state index contributed by atoms with van der Waals surface area (Å²) in [5, 5.41) is 8.88. The number of ether oxygens (including phenoxy) is 2. The first-order valence-electron chi connectivity index (χ1n) is 12.5. The van der Waals surface area contributed by atoms with Crippen LogP contribution in [0.1, 0.15) is 25.5 Å². The lowest BCUT2D eigenvalue weighted by Gasteiger charge is -2.21. The van der Waals surface area contributed by atoms with Gasteiger partial charge in [-0.15, -0.1) is 5.10 Å². The van der Waals surface area contributed by atoms with Crippen molar-refractivity contribution in [1.82, 2.24) is 29.4 Å². The minimum Gasteiger partial charge on any atom is -0.480 e. The lowest BCUT2D eigenvalue weighted by Crippen LogP contribution is -2.20. The number of aromatic nitrogens is 6. The second kappa shape index (κ2) is 10.7. The Balaban J connectivity index is 1.33. The predicted molar refractivity (Wildman–Crippen MR) is 145 cm³/mol. The molecule has 0 spiro atoms. The van der Waals surface area contributed by atoms with E-state index in [0.717, 1.165) is 37.5 Å². The van der Waals surface area contributed by atoms with Crippen LogP contribution in [0.3, 0.4) is 0 Å². The molecule has 1 aromatic carbocycles. The summed E-state index contributed by atoms with van der Waals surface area (Å²) in [5.74, 6) is -2.24. The van der Waals surface area contributed by atoms with Crippen molar-refractivity contribution in [2.45, 2.75) is 30.4 Å². The van der Waals surface area contributed by atoms with Gasteiger partial charge >= 0.3 is 0 Å². The van der Waals surface area contributed by atoms with Crippen molar-refractivity contribution in [1.29, 1.82) is 0 Å². The molecule has 6 rings (SSSR count). The minimum atomic E-state index is -4.40. The van der Waals surface area contributed by atoms with Crippen molar-refractivity contribution < 1.29 is 26.7 Å². The van der Waals surface area contributed by atoms with E-state index in [9.17, 15) is 12.8 Å². The van der Waals surface area contributed by atoms with Crippen LogP contribution in [0.15, 0.2) is 60.1 Å². The molecule has 15 heteroatoms. The van der Waals surface area contributed by atoms with Crippen LogP contribution in [0.25, 0.3) is 28.0 Å². The van der Waals surface area contributed by atoms with E-state index in [2.05, 4.69) is 24.9 Å². The van der Waals surface area contributed by atoms with Gasteiger partial charge in [0.25, 0.3) is 10.0 Å². The van der Waals surface area contributed by atoms with Gasteiger partial charge in [0.2, 0.25) is 5.88 Å². The minimum absolute atomic E-state index is 0.0318. The second-order valence-electron chi connectivity index (χ2n) is 9.23. The number of nitrogens with zero attached hydrogens (tertiary/aromatic N) is 6. The number of methoxy groups -OCH3 is 1. The van der Waals surface area contributed by atoms with Gasteiger partial charge in [-0.1, -0.05) is 17.7 Å². The van der Waals surface area contributed by atoms with Crippen molar-refractivity contribution in [3.63, 3.8) is 0 Å². The molecule has 1 atom stereocenters. The Morgan fingerprint density at radius 3 is 2.78 bits per heavy atom. The Morgan fingerprint density at radius 2 is 2.00 bits per heavy atom. The van der Waals surface area contributed by atoms with Gasteiger partial charge in [-0.2, -0.15) is 9.90 Å². The fraction of sp³-hybridized carbons (Fsp3) is 0.231. The van der Waals surface area contributed by atoms with Gasteiger partial charge in [0, 0.05) is 24.6 Å². The zero-order valence-electron chi connectivity index (χ0n) is 21.5. The molecule has 0 aliphatic carbocycles. The standard InChI is InChI=1S/C26H22ClF2N7O4S/c1-39-26-21(10-16(27)11-30-26)41(37,38)34-18-7-6-17(28)23(24(18)29)15-5-8-20-25(31-14-35(20)13-15)19-12-32-36(33-19)22-4-2-3-9-40-22/h5-8,10-14,22,34H,2-4,9H2,1H3. The first-order chi connectivity index (χ1) is 19.7. The van der Waals surface area contributed by atoms with E-state index in [1.807, 2.05) is 0 Å². The molecule has 1 fully saturated rings. The molecule has 5 heterocycles. The Labute approximate surface area is 237 Å². The van der Waals surface area contributed by atoms with Gasteiger partial charge in [-0.25, -0.2) is 27.2 Å². The molecule has 0 radical (unpaired) electrons. The zero-order chi connectivity index (χ0) is 28.7. The van der Waals surface area contributed by atoms with Crippen LogP contribution in [-0.4, -0.2) is 51.5 Å². The summed E-state index contributed by atoms with van der Waals surface area (Å²) in [6.07, 6.45) is 8.40. The number of fused-ring (bicyclic) bond motifs is 1. The van der Waals surface area contributed by atoms with Crippen LogP contribution in [-0.2, 0) is 14.8 Å². The quantitative estimate of drug-likeness (QED) is 0.273. The molecule has 1 aliphatic heterocycles. The summed E-state index contributed by atoms with van der Waals surface area (Å²) in [6, 6.07) is 6.23. The Kier molecular flexibility index (Phi) is 7.05. The topological polar surface area (TPSA) is 126 Å². The maximum absolute atomic E-state index is 15.7. The van der Waals surface area contributed by atoms with Gasteiger partial charge in [-0.05, 0) is 43.5 Å². The van der Waals surface area contributed by atoms with Crippen LogP contribution >= 0.6 is 11.6 Å². The Bertz CT molecular complexity index is 1870. The molecule has 0 amide bonds. The van der Waals surface area contributed by atoms with E-state index in [-0.39, 0.29) is 22.7 Å². The third-order valence-electron chi connectivity index (χ3n) is 6.59. The van der Waals surface area contributed by atoms with E-state index < -0.39 is 37.8 Å². The van der Waals surface area contributed by atoms with Crippen molar-refractivity contribution in [3.05, 3.63) is 71.9 Å². The molecule has 0 saturated carbocycles. The number of sulfonamides is 1. The molecule has 4 aromatic heterocycles. The molecule has 212 valence electrons. The number of nitrogens with one attached hydrogen (secondary N) is 1. The van der Waals surface area contributed by atoms with E-state index >= 15 is 4.39 Å². The van der Waals surface area contributed by atoms with Crippen molar-refractivity contribution in [2.24, 2.45) is 0 Å². The molecule has 1 saturated heterocycles. The highest BCUT2D eigenvalue weighted by Crippen LogP contribution is 2.34. The van der Waals surface area contributed by atoms with Gasteiger partial charge in [-0.3, -0.25) is 4.72 Å². The molecule has 1 N–H and O–H groups in total. The number of halogens is 3. The number of anilines is 1. The van der Waals surface area contributed by atoms with Crippen molar-refractivity contribution >= 4 is 32.8 Å². The summed E-state index contributed by atoms with van der Waals surface area (Å²) < 4.78 is 71.2. The summed E-state index contributed by atoms with van der Waals surface area (Å²) in [7, 11) is -3.17. The average Bonchev–Trinajstić information content (AvgIpc) is 3.62. The smallest absolute Gasteiger partial charge is 0.267 e. The van der Waals surface area contributed by atoms with Crippen LogP contribution in [0.2, 0.25) is 5.02 Å². The zero-order valence-corrected chi connectivity index (χ0v) is 23.0. The monoisotopic (exact) mass is 601 g/mol. The summed E-state index contributed by atoms with van der Waals surface area (Å²) in [6.45, 7) is 0.652. The van der Waals surface area contributed by atoms with Crippen LogP contribution < -0.4 is 9.46 Å². The number of hydrogen-bond acceptors (Lipinski definition) is 8. The predicted octanol–water partition coefficient (Wildman–Crippen LogP) is 5.09. The fourth-order valence-electron chi connectivity index (χ4n) is 4.62. The highest BCUT2D eigenvalue weighted by molar-refractivity contribution is 7.92.